The number of hydrogen-bond donors (Lipinski definition) is 4. The number of benzene rings is 2. The lowest BCUT2D eigenvalue weighted by Crippen LogP contribution is -3.28. The maximum Gasteiger partial charge on any atom is 0.279 e. The van der Waals surface area contributed by atoms with E-state index in [1.807, 2.05) is 32.0 Å². The first-order chi connectivity index (χ1) is 14.4. The van der Waals surface area contributed by atoms with E-state index in [9.17, 15) is 14.0 Å². The molecular formula is C23H31FN4O2+2. The molecule has 1 fully saturated rings. The summed E-state index contributed by atoms with van der Waals surface area (Å²) in [5.41, 5.74) is 3.52. The van der Waals surface area contributed by atoms with Crippen LogP contribution in [0.25, 0.3) is 0 Å². The second-order valence-electron chi connectivity index (χ2n) is 8.04. The minimum Gasteiger partial charge on any atom is -0.347 e. The highest BCUT2D eigenvalue weighted by Crippen LogP contribution is 2.18. The first-order valence-corrected chi connectivity index (χ1v) is 10.5. The molecule has 0 bridgehead atoms. The summed E-state index contributed by atoms with van der Waals surface area (Å²) in [6.45, 7) is 8.35. The standard InChI is InChI=1S/C23H29FN4O2/c1-17-6-5-7-18(2)23(17)26-22(30)16-28-12-10-27(11-13-28)15-21(29)25-14-19-8-3-4-9-20(19)24/h3-9H,10-16H2,1-2H3,(H,25,29)(H,26,30)/p+2. The molecule has 1 saturated heterocycles. The zero-order valence-electron chi connectivity index (χ0n) is 17.7. The minimum atomic E-state index is -0.304. The Kier molecular flexibility index (Phi) is 7.54. The molecule has 0 radical (unpaired) electrons. The first-order valence-electron chi connectivity index (χ1n) is 10.5. The van der Waals surface area contributed by atoms with E-state index in [0.717, 1.165) is 43.0 Å². The van der Waals surface area contributed by atoms with Crippen molar-refractivity contribution in [1.29, 1.82) is 0 Å². The zero-order chi connectivity index (χ0) is 21.5. The Morgan fingerprint density at radius 3 is 2.03 bits per heavy atom. The van der Waals surface area contributed by atoms with E-state index in [1.165, 1.54) is 15.9 Å². The molecule has 30 heavy (non-hydrogen) atoms. The molecule has 3 rings (SSSR count). The average molecular weight is 415 g/mol. The van der Waals surface area contributed by atoms with Crippen molar-refractivity contribution in [3.8, 4) is 0 Å². The summed E-state index contributed by atoms with van der Waals surface area (Å²) >= 11 is 0. The van der Waals surface area contributed by atoms with Gasteiger partial charge in [0.25, 0.3) is 11.8 Å². The normalized spacial score (nSPS) is 18.6. The fourth-order valence-corrected chi connectivity index (χ4v) is 3.86. The second-order valence-corrected chi connectivity index (χ2v) is 8.04. The average Bonchev–Trinajstić information content (AvgIpc) is 2.72. The van der Waals surface area contributed by atoms with Crippen LogP contribution in [0, 0.1) is 19.7 Å². The van der Waals surface area contributed by atoms with E-state index in [0.29, 0.717) is 18.7 Å². The molecule has 7 heteroatoms. The van der Waals surface area contributed by atoms with Crippen molar-refractivity contribution in [2.75, 3.05) is 44.6 Å². The lowest BCUT2D eigenvalue weighted by Gasteiger charge is -2.29. The van der Waals surface area contributed by atoms with Crippen molar-refractivity contribution in [2.24, 2.45) is 0 Å². The third kappa shape index (κ3) is 6.11. The van der Waals surface area contributed by atoms with E-state index in [-0.39, 0.29) is 24.2 Å². The van der Waals surface area contributed by atoms with Gasteiger partial charge in [-0.2, -0.15) is 0 Å². The van der Waals surface area contributed by atoms with Crippen LogP contribution in [0.1, 0.15) is 16.7 Å². The summed E-state index contributed by atoms with van der Waals surface area (Å²) in [4.78, 5) is 27.1. The van der Waals surface area contributed by atoms with Gasteiger partial charge in [-0.05, 0) is 31.0 Å². The van der Waals surface area contributed by atoms with Gasteiger partial charge in [-0.3, -0.25) is 9.59 Å². The minimum absolute atomic E-state index is 0.0217. The quantitative estimate of drug-likeness (QED) is 0.493. The molecule has 0 saturated carbocycles. The number of carbonyl (C=O) groups excluding carboxylic acids is 2. The Hall–Kier alpha value is -2.77. The zero-order valence-corrected chi connectivity index (χ0v) is 17.7. The van der Waals surface area contributed by atoms with Gasteiger partial charge in [0.1, 0.15) is 32.0 Å². The summed E-state index contributed by atoms with van der Waals surface area (Å²) < 4.78 is 13.6. The fourth-order valence-electron chi connectivity index (χ4n) is 3.86. The molecule has 4 N–H and O–H groups in total. The van der Waals surface area contributed by atoms with Crippen LogP contribution in [-0.4, -0.2) is 51.1 Å². The van der Waals surface area contributed by atoms with Gasteiger partial charge in [0.2, 0.25) is 0 Å². The first kappa shape index (κ1) is 21.9. The summed E-state index contributed by atoms with van der Waals surface area (Å²) in [5.74, 6) is -0.362. The molecule has 1 aliphatic heterocycles. The predicted molar refractivity (Wildman–Crippen MR) is 114 cm³/mol. The lowest BCUT2D eigenvalue weighted by molar-refractivity contribution is -1.00. The number of halogens is 1. The van der Waals surface area contributed by atoms with Gasteiger partial charge < -0.3 is 20.4 Å². The van der Waals surface area contributed by atoms with Crippen LogP contribution in [0.5, 0.6) is 0 Å². The smallest absolute Gasteiger partial charge is 0.279 e. The summed E-state index contributed by atoms with van der Waals surface area (Å²) in [6.07, 6.45) is 0. The van der Waals surface area contributed by atoms with Crippen LogP contribution in [0.3, 0.4) is 0 Å². The molecule has 1 aliphatic rings. The molecule has 0 unspecified atom stereocenters. The molecule has 2 aromatic carbocycles. The van der Waals surface area contributed by atoms with Crippen molar-refractivity contribution in [3.63, 3.8) is 0 Å². The van der Waals surface area contributed by atoms with Crippen molar-refractivity contribution in [1.82, 2.24) is 5.32 Å². The Labute approximate surface area is 177 Å². The summed E-state index contributed by atoms with van der Waals surface area (Å²) in [5, 5.41) is 5.84. The molecule has 1 heterocycles. The van der Waals surface area contributed by atoms with E-state index in [4.69, 9.17) is 0 Å². The Bertz CT molecular complexity index is 874. The molecule has 160 valence electrons. The van der Waals surface area contributed by atoms with Crippen LogP contribution in [0.15, 0.2) is 42.5 Å². The Morgan fingerprint density at radius 2 is 1.43 bits per heavy atom. The third-order valence-electron chi connectivity index (χ3n) is 5.66. The number of quaternary nitrogens is 2. The van der Waals surface area contributed by atoms with Gasteiger partial charge in [-0.25, -0.2) is 4.39 Å². The number of piperazine rings is 1. The highest BCUT2D eigenvalue weighted by molar-refractivity contribution is 5.93. The van der Waals surface area contributed by atoms with Crippen LogP contribution >= 0.6 is 0 Å². The number of nitrogens with one attached hydrogen (secondary N) is 4. The molecule has 2 aromatic rings. The van der Waals surface area contributed by atoms with Crippen molar-refractivity contribution >= 4 is 17.5 Å². The highest BCUT2D eigenvalue weighted by Gasteiger charge is 2.26. The predicted octanol–water partition coefficient (Wildman–Crippen LogP) is -0.519. The van der Waals surface area contributed by atoms with Crippen molar-refractivity contribution < 1.29 is 23.8 Å². The molecule has 2 amide bonds. The third-order valence-corrected chi connectivity index (χ3v) is 5.66. The summed E-state index contributed by atoms with van der Waals surface area (Å²) in [6, 6.07) is 12.4. The van der Waals surface area contributed by atoms with Gasteiger partial charge in [-0.15, -0.1) is 0 Å². The lowest BCUT2D eigenvalue weighted by atomic mass is 10.1. The SMILES string of the molecule is Cc1cccc(C)c1NC(=O)C[NH+]1CC[NH+](CC(=O)NCc2ccccc2F)CC1. The molecular weight excluding hydrogens is 383 g/mol. The molecule has 0 aliphatic carbocycles. The molecule has 6 nitrogen and oxygen atoms in total. The van der Waals surface area contributed by atoms with Crippen LogP contribution in [-0.2, 0) is 16.1 Å². The van der Waals surface area contributed by atoms with Gasteiger partial charge in [-0.1, -0.05) is 36.4 Å². The second kappa shape index (κ2) is 10.3. The number of carbonyl (C=O) groups is 2. The van der Waals surface area contributed by atoms with Crippen LogP contribution in [0.4, 0.5) is 10.1 Å². The molecule has 0 atom stereocenters. The van der Waals surface area contributed by atoms with Crippen LogP contribution < -0.4 is 20.4 Å². The van der Waals surface area contributed by atoms with Gasteiger partial charge in [0.15, 0.2) is 13.1 Å². The Morgan fingerprint density at radius 1 is 0.867 bits per heavy atom. The maximum absolute atomic E-state index is 13.6. The number of anilines is 1. The largest absolute Gasteiger partial charge is 0.347 e. The fraction of sp³-hybridized carbons (Fsp3) is 0.391. The van der Waals surface area contributed by atoms with Crippen molar-refractivity contribution in [2.45, 2.75) is 20.4 Å². The van der Waals surface area contributed by atoms with E-state index >= 15 is 0 Å². The van der Waals surface area contributed by atoms with Gasteiger partial charge in [0, 0.05) is 17.8 Å². The topological polar surface area (TPSA) is 67.1 Å². The highest BCUT2D eigenvalue weighted by atomic mass is 19.1. The maximum atomic E-state index is 13.6. The van der Waals surface area contributed by atoms with Gasteiger partial charge >= 0.3 is 0 Å². The molecule has 0 aromatic heterocycles. The number of hydrogen-bond acceptors (Lipinski definition) is 2. The number of aryl methyl sites for hydroxylation is 2. The van der Waals surface area contributed by atoms with E-state index < -0.39 is 0 Å². The van der Waals surface area contributed by atoms with Crippen LogP contribution in [0.2, 0.25) is 0 Å². The van der Waals surface area contributed by atoms with E-state index in [2.05, 4.69) is 10.6 Å². The number of para-hydroxylation sites is 1. The number of amides is 2. The van der Waals surface area contributed by atoms with Crippen molar-refractivity contribution in [3.05, 3.63) is 65.0 Å². The number of rotatable bonds is 7. The summed E-state index contributed by atoms with van der Waals surface area (Å²) in [7, 11) is 0. The molecule has 0 spiro atoms. The Balaban J connectivity index is 1.38. The van der Waals surface area contributed by atoms with Gasteiger partial charge in [0.05, 0.1) is 0 Å². The monoisotopic (exact) mass is 414 g/mol. The van der Waals surface area contributed by atoms with E-state index in [1.54, 1.807) is 18.2 Å².